The number of esters is 1. The Morgan fingerprint density at radius 2 is 1.77 bits per heavy atom. The van der Waals surface area contributed by atoms with Crippen molar-refractivity contribution in [3.63, 3.8) is 0 Å². The van der Waals surface area contributed by atoms with Gasteiger partial charge >= 0.3 is 5.97 Å². The minimum atomic E-state index is -0.928. The summed E-state index contributed by atoms with van der Waals surface area (Å²) in [6.07, 6.45) is -0.212. The van der Waals surface area contributed by atoms with Gasteiger partial charge < -0.3 is 16.2 Å². The highest BCUT2D eigenvalue weighted by Gasteiger charge is 2.23. The maximum atomic E-state index is 12.6. The van der Waals surface area contributed by atoms with Crippen molar-refractivity contribution >= 4 is 46.6 Å². The Morgan fingerprint density at radius 3 is 2.40 bits per heavy atom. The molecule has 0 aliphatic rings. The third-order valence-corrected chi connectivity index (χ3v) is 4.27. The average molecular weight is 429 g/mol. The van der Waals surface area contributed by atoms with E-state index in [0.29, 0.717) is 21.9 Å². The van der Waals surface area contributed by atoms with Crippen molar-refractivity contribution in [2.75, 3.05) is 0 Å². The fourth-order valence-corrected chi connectivity index (χ4v) is 2.95. The molecule has 5 N–H and O–H groups in total. The lowest BCUT2D eigenvalue weighted by atomic mass is 9.98. The van der Waals surface area contributed by atoms with E-state index in [-0.39, 0.29) is 41.7 Å². The van der Waals surface area contributed by atoms with Crippen LogP contribution in [0.5, 0.6) is 5.75 Å². The maximum absolute atomic E-state index is 12.6. The predicted octanol–water partition coefficient (Wildman–Crippen LogP) is 2.70. The number of halogens is 1. The number of hydrogen-bond acceptors (Lipinski definition) is 6. The Morgan fingerprint density at radius 1 is 1.07 bits per heavy atom. The normalized spacial score (nSPS) is 10.1. The van der Waals surface area contributed by atoms with Crippen molar-refractivity contribution in [2.24, 2.45) is 11.5 Å². The lowest BCUT2D eigenvalue weighted by Gasteiger charge is -2.13. The van der Waals surface area contributed by atoms with E-state index < -0.39 is 16.8 Å². The molecule has 154 valence electrons. The van der Waals surface area contributed by atoms with Gasteiger partial charge in [0.05, 0.1) is 11.3 Å². The molecule has 0 saturated heterocycles. The van der Waals surface area contributed by atoms with E-state index in [4.69, 9.17) is 21.6 Å². The molecule has 0 bridgehead atoms. The van der Waals surface area contributed by atoms with E-state index in [0.717, 1.165) is 0 Å². The zero-order chi connectivity index (χ0) is 21.1. The fraction of sp³-hybridized carbons (Fsp3) is 0.0500. The largest absolute Gasteiger partial charge is 0.422 e. The average Bonchev–Trinajstić information content (AvgIpc) is 2.68. The van der Waals surface area contributed by atoms with Crippen LogP contribution in [0.1, 0.15) is 21.5 Å². The molecule has 0 saturated carbocycles. The summed E-state index contributed by atoms with van der Waals surface area (Å²) in [7, 11) is 0. The topological polar surface area (TPSA) is 162 Å². The van der Waals surface area contributed by atoms with Crippen molar-refractivity contribution in [3.05, 3.63) is 81.4 Å². The van der Waals surface area contributed by atoms with Crippen LogP contribution < -0.4 is 16.2 Å². The van der Waals surface area contributed by atoms with E-state index in [1.165, 1.54) is 30.3 Å². The van der Waals surface area contributed by atoms with Gasteiger partial charge in [-0.1, -0.05) is 30.3 Å². The van der Waals surface area contributed by atoms with E-state index in [1.807, 2.05) is 0 Å². The SMILES string of the molecule is Cl.N=C(N)c1ccc2c(CC(N)=O)c(OC(=O)c3ccccc3[N+](=O)[O-])ccc2c1. The number of carbonyl (C=O) groups excluding carboxylic acids is 2. The lowest BCUT2D eigenvalue weighted by Crippen LogP contribution is -2.17. The molecule has 3 aromatic carbocycles. The molecule has 0 heterocycles. The van der Waals surface area contributed by atoms with Gasteiger partial charge in [-0.3, -0.25) is 20.3 Å². The highest BCUT2D eigenvalue weighted by Crippen LogP contribution is 2.31. The number of rotatable bonds is 6. The minimum Gasteiger partial charge on any atom is -0.422 e. The quantitative estimate of drug-likeness (QED) is 0.136. The molecular weight excluding hydrogens is 412 g/mol. The highest BCUT2D eigenvalue weighted by molar-refractivity contribution is 6.01. The van der Waals surface area contributed by atoms with Crippen molar-refractivity contribution in [1.29, 1.82) is 5.41 Å². The van der Waals surface area contributed by atoms with Gasteiger partial charge in [0.1, 0.15) is 17.1 Å². The summed E-state index contributed by atoms with van der Waals surface area (Å²) in [6.45, 7) is 0. The molecular formula is C20H17ClN4O5. The second-order valence-electron chi connectivity index (χ2n) is 6.20. The molecule has 0 radical (unpaired) electrons. The highest BCUT2D eigenvalue weighted by atomic mass is 35.5. The molecule has 30 heavy (non-hydrogen) atoms. The molecule has 1 amide bonds. The zero-order valence-electron chi connectivity index (χ0n) is 15.5. The number of benzene rings is 3. The van der Waals surface area contributed by atoms with Crippen LogP contribution in [-0.4, -0.2) is 22.6 Å². The zero-order valence-corrected chi connectivity index (χ0v) is 16.3. The molecule has 3 rings (SSSR count). The fourth-order valence-electron chi connectivity index (χ4n) is 2.95. The Hall–Kier alpha value is -3.98. The van der Waals surface area contributed by atoms with Crippen LogP contribution in [0.15, 0.2) is 54.6 Å². The van der Waals surface area contributed by atoms with E-state index in [1.54, 1.807) is 24.3 Å². The molecule has 0 spiro atoms. The van der Waals surface area contributed by atoms with Crippen molar-refractivity contribution < 1.29 is 19.2 Å². The number of amides is 1. The first-order chi connectivity index (χ1) is 13.8. The molecule has 3 aromatic rings. The predicted molar refractivity (Wildman–Crippen MR) is 113 cm³/mol. The molecule has 9 nitrogen and oxygen atoms in total. The first kappa shape index (κ1) is 22.3. The lowest BCUT2D eigenvalue weighted by molar-refractivity contribution is -0.385. The Kier molecular flexibility index (Phi) is 6.70. The first-order valence-corrected chi connectivity index (χ1v) is 8.42. The summed E-state index contributed by atoms with van der Waals surface area (Å²) in [6, 6.07) is 13.4. The van der Waals surface area contributed by atoms with Crippen LogP contribution in [0.2, 0.25) is 0 Å². The third-order valence-electron chi connectivity index (χ3n) is 4.27. The van der Waals surface area contributed by atoms with Gasteiger partial charge in [0.25, 0.3) is 5.69 Å². The summed E-state index contributed by atoms with van der Waals surface area (Å²) in [5.41, 5.74) is 11.1. The molecule has 0 aliphatic heterocycles. The molecule has 0 fully saturated rings. The number of carbonyl (C=O) groups is 2. The molecule has 10 heteroatoms. The number of amidine groups is 1. The Bertz CT molecular complexity index is 1180. The van der Waals surface area contributed by atoms with Gasteiger partial charge in [-0.25, -0.2) is 4.79 Å². The monoisotopic (exact) mass is 428 g/mol. The van der Waals surface area contributed by atoms with Crippen molar-refractivity contribution in [3.8, 4) is 5.75 Å². The van der Waals surface area contributed by atoms with Crippen LogP contribution in [-0.2, 0) is 11.2 Å². The summed E-state index contributed by atoms with van der Waals surface area (Å²) in [5, 5.41) is 20.0. The number of nitrogens with zero attached hydrogens (tertiary/aromatic N) is 1. The molecule has 0 atom stereocenters. The Balaban J connectivity index is 0.00000320. The summed E-state index contributed by atoms with van der Waals surface area (Å²) < 4.78 is 5.39. The van der Waals surface area contributed by atoms with Crippen molar-refractivity contribution in [2.45, 2.75) is 6.42 Å². The number of fused-ring (bicyclic) bond motifs is 1. The number of nitrogen functional groups attached to an aromatic ring is 1. The second kappa shape index (κ2) is 9.01. The molecule has 0 unspecified atom stereocenters. The van der Waals surface area contributed by atoms with Gasteiger partial charge in [-0.05, 0) is 29.0 Å². The standard InChI is InChI=1S/C20H16N4O5.ClH/c21-18(25)10-15-13-7-5-12(19(22)23)9-11(13)6-8-17(15)29-20(26)14-3-1-2-4-16(14)24(27)28;/h1-9H,10H2,(H2,21,25)(H3,22,23);1H. The first-order valence-electron chi connectivity index (χ1n) is 8.42. The summed E-state index contributed by atoms with van der Waals surface area (Å²) in [4.78, 5) is 34.6. The number of nitro benzene ring substituents is 1. The Labute approximate surface area is 176 Å². The van der Waals surface area contributed by atoms with Gasteiger partial charge in [-0.15, -0.1) is 12.4 Å². The number of ether oxygens (including phenoxy) is 1. The maximum Gasteiger partial charge on any atom is 0.350 e. The van der Waals surface area contributed by atoms with E-state index in [9.17, 15) is 19.7 Å². The van der Waals surface area contributed by atoms with E-state index >= 15 is 0 Å². The van der Waals surface area contributed by atoms with Gasteiger partial charge in [0.2, 0.25) is 5.91 Å². The summed E-state index contributed by atoms with van der Waals surface area (Å²) in [5.74, 6) is -1.62. The number of nitro groups is 1. The van der Waals surface area contributed by atoms with E-state index in [2.05, 4.69) is 0 Å². The smallest absolute Gasteiger partial charge is 0.350 e. The number of primary amides is 1. The number of nitrogens with two attached hydrogens (primary N) is 2. The minimum absolute atomic E-state index is 0. The number of hydrogen-bond donors (Lipinski definition) is 3. The molecule has 0 aliphatic carbocycles. The van der Waals surface area contributed by atoms with Crippen LogP contribution in [0.4, 0.5) is 5.69 Å². The summed E-state index contributed by atoms with van der Waals surface area (Å²) >= 11 is 0. The van der Waals surface area contributed by atoms with Gasteiger partial charge in [-0.2, -0.15) is 0 Å². The van der Waals surface area contributed by atoms with Crippen LogP contribution in [0, 0.1) is 15.5 Å². The number of para-hydroxylation sites is 1. The van der Waals surface area contributed by atoms with Crippen LogP contribution >= 0.6 is 12.4 Å². The van der Waals surface area contributed by atoms with Crippen LogP contribution in [0.3, 0.4) is 0 Å². The third kappa shape index (κ3) is 4.53. The van der Waals surface area contributed by atoms with Gasteiger partial charge in [0, 0.05) is 17.2 Å². The van der Waals surface area contributed by atoms with Crippen LogP contribution in [0.25, 0.3) is 10.8 Å². The number of nitrogens with one attached hydrogen (secondary N) is 1. The van der Waals surface area contributed by atoms with Crippen molar-refractivity contribution in [1.82, 2.24) is 0 Å². The molecule has 0 aromatic heterocycles. The second-order valence-corrected chi connectivity index (χ2v) is 6.20. The van der Waals surface area contributed by atoms with Gasteiger partial charge in [0.15, 0.2) is 0 Å².